The molecule has 2 aliphatic rings. The Morgan fingerprint density at radius 1 is 1.05 bits per heavy atom. The van der Waals surface area contributed by atoms with Gasteiger partial charge in [-0.15, -0.1) is 0 Å². The van der Waals surface area contributed by atoms with Gasteiger partial charge in [0.15, 0.2) is 0 Å². The van der Waals surface area contributed by atoms with E-state index >= 15 is 0 Å². The number of ether oxygens (including phenoxy) is 3. The largest absolute Gasteiger partial charge is 0.490 e. The lowest BCUT2D eigenvalue weighted by molar-refractivity contribution is -0.152. The number of amides is 2. The first-order valence-corrected chi connectivity index (χ1v) is 13.2. The van der Waals surface area contributed by atoms with E-state index in [9.17, 15) is 31.9 Å². The Morgan fingerprint density at radius 3 is 2.41 bits per heavy atom. The molecule has 0 aromatic heterocycles. The lowest BCUT2D eigenvalue weighted by Gasteiger charge is -2.37. The zero-order valence-corrected chi connectivity index (χ0v) is 23.1. The molecule has 0 bridgehead atoms. The van der Waals surface area contributed by atoms with Crippen molar-refractivity contribution >= 4 is 29.3 Å². The van der Waals surface area contributed by atoms with E-state index < -0.39 is 64.6 Å². The molecule has 1 fully saturated rings. The van der Waals surface area contributed by atoms with E-state index in [2.05, 4.69) is 5.32 Å². The summed E-state index contributed by atoms with van der Waals surface area (Å²) in [6.45, 7) is 5.82. The maximum Gasteiger partial charge on any atom is 0.416 e. The quantitative estimate of drug-likeness (QED) is 0.338. The van der Waals surface area contributed by atoms with Crippen molar-refractivity contribution in [3.05, 3.63) is 53.3 Å². The van der Waals surface area contributed by atoms with Gasteiger partial charge in [0, 0.05) is 0 Å². The second-order valence-corrected chi connectivity index (χ2v) is 11.1. The highest BCUT2D eigenvalue weighted by molar-refractivity contribution is 5.96. The highest BCUT2D eigenvalue weighted by Crippen LogP contribution is 2.45. The number of carbonyl (C=O) groups excluding carboxylic acids is 3. The van der Waals surface area contributed by atoms with Crippen molar-refractivity contribution in [2.45, 2.75) is 57.7 Å². The van der Waals surface area contributed by atoms with E-state index in [1.165, 1.54) is 12.0 Å². The van der Waals surface area contributed by atoms with Crippen molar-refractivity contribution in [1.82, 2.24) is 0 Å². The number of nitrogens with zero attached hydrogens (tertiary/aromatic N) is 1. The molecular weight excluding hydrogens is 548 g/mol. The number of esters is 1. The number of fused-ring (bicyclic) bond motifs is 1. The van der Waals surface area contributed by atoms with Crippen LogP contribution in [-0.4, -0.2) is 43.8 Å². The molecule has 2 amide bonds. The van der Waals surface area contributed by atoms with E-state index in [0.717, 1.165) is 6.07 Å². The lowest BCUT2D eigenvalue weighted by atomic mass is 9.69. The Morgan fingerprint density at radius 2 is 1.78 bits per heavy atom. The van der Waals surface area contributed by atoms with Crippen LogP contribution in [0.5, 0.6) is 5.75 Å². The number of halogens is 4. The van der Waals surface area contributed by atoms with Gasteiger partial charge >= 0.3 is 18.2 Å². The third-order valence-electron chi connectivity index (χ3n) is 7.15. The molecule has 1 N–H and O–H groups in total. The minimum atomic E-state index is -4.74. The number of nitrogens with one attached hydrogen (secondary N) is 1. The molecule has 0 spiro atoms. The van der Waals surface area contributed by atoms with Crippen LogP contribution in [0.4, 0.5) is 33.7 Å². The Bertz CT molecular complexity index is 1320. The first-order chi connectivity index (χ1) is 19.2. The Hall–Kier alpha value is -3.83. The monoisotopic (exact) mass is 580 g/mol. The fourth-order valence-corrected chi connectivity index (χ4v) is 5.32. The molecular formula is C29H32F4N2O6. The first-order valence-electron chi connectivity index (χ1n) is 13.2. The van der Waals surface area contributed by atoms with Crippen LogP contribution in [0.1, 0.15) is 57.1 Å². The van der Waals surface area contributed by atoms with Gasteiger partial charge < -0.3 is 19.5 Å². The molecule has 8 nitrogen and oxygen atoms in total. The van der Waals surface area contributed by atoms with E-state index in [0.29, 0.717) is 42.0 Å². The van der Waals surface area contributed by atoms with Crippen LogP contribution in [0.3, 0.4) is 0 Å². The Labute approximate surface area is 234 Å². The van der Waals surface area contributed by atoms with Crippen molar-refractivity contribution in [3.8, 4) is 5.75 Å². The lowest BCUT2D eigenvalue weighted by Crippen LogP contribution is -2.42. The van der Waals surface area contributed by atoms with Crippen LogP contribution in [0, 0.1) is 17.7 Å². The number of benzene rings is 2. The smallest absolute Gasteiger partial charge is 0.416 e. The van der Waals surface area contributed by atoms with Crippen molar-refractivity contribution in [3.63, 3.8) is 0 Å². The molecule has 1 heterocycles. The average molecular weight is 581 g/mol. The highest BCUT2D eigenvalue weighted by atomic mass is 19.4. The zero-order valence-electron chi connectivity index (χ0n) is 23.1. The molecule has 3 atom stereocenters. The molecule has 41 heavy (non-hydrogen) atoms. The summed E-state index contributed by atoms with van der Waals surface area (Å²) in [6, 6.07) is 7.01. The van der Waals surface area contributed by atoms with Crippen LogP contribution >= 0.6 is 0 Å². The average Bonchev–Trinajstić information content (AvgIpc) is 2.91. The molecule has 2 aromatic rings. The van der Waals surface area contributed by atoms with E-state index in [4.69, 9.17) is 14.2 Å². The fourth-order valence-electron chi connectivity index (χ4n) is 5.32. The summed E-state index contributed by atoms with van der Waals surface area (Å²) in [4.78, 5) is 40.5. The van der Waals surface area contributed by atoms with Gasteiger partial charge in [-0.2, -0.15) is 13.2 Å². The molecule has 222 valence electrons. The molecule has 4 rings (SSSR count). The summed E-state index contributed by atoms with van der Waals surface area (Å²) in [5, 5.41) is 2.35. The maximum absolute atomic E-state index is 14.5. The molecule has 1 saturated carbocycles. The van der Waals surface area contributed by atoms with Crippen LogP contribution in [0.15, 0.2) is 36.4 Å². The second-order valence-electron chi connectivity index (χ2n) is 11.1. The predicted octanol–water partition coefficient (Wildman–Crippen LogP) is 6.29. The van der Waals surface area contributed by atoms with Crippen LogP contribution in [0.2, 0.25) is 0 Å². The number of rotatable bonds is 4. The fraction of sp³-hybridized carbons (Fsp3) is 0.483. The summed E-state index contributed by atoms with van der Waals surface area (Å²) in [7, 11) is 1.20. The summed E-state index contributed by atoms with van der Waals surface area (Å²) in [6.07, 6.45) is -3.89. The molecule has 12 heteroatoms. The van der Waals surface area contributed by atoms with Gasteiger partial charge in [0.05, 0.1) is 42.4 Å². The van der Waals surface area contributed by atoms with Crippen molar-refractivity contribution in [2.24, 2.45) is 11.8 Å². The van der Waals surface area contributed by atoms with Gasteiger partial charge in [-0.1, -0.05) is 12.5 Å². The number of carbonyl (C=O) groups is 3. The van der Waals surface area contributed by atoms with E-state index in [1.54, 1.807) is 39.0 Å². The Balaban J connectivity index is 1.59. The number of anilines is 2. The minimum Gasteiger partial charge on any atom is -0.490 e. The molecule has 1 aliphatic heterocycles. The predicted molar refractivity (Wildman–Crippen MR) is 141 cm³/mol. The van der Waals surface area contributed by atoms with Gasteiger partial charge in [-0.3, -0.25) is 14.5 Å². The van der Waals surface area contributed by atoms with Crippen LogP contribution in [-0.2, 0) is 25.2 Å². The third kappa shape index (κ3) is 6.74. The normalized spacial score (nSPS) is 20.9. The standard InChI is InChI=1S/C29H32F4N2O6/c1-28(2,3)41-27(38)35-12-13-40-23-14-16(8-11-22(23)35)18-6-5-7-19(24(18)26(37)39-4)25(36)34-21-10-9-17(15-20(21)30)29(31,32)33/h8-11,14-15,18-19,24H,5-7,12-13H2,1-4H3,(H,34,36)/t18-,19-,24-/m0/s1. The third-order valence-corrected chi connectivity index (χ3v) is 7.15. The summed E-state index contributed by atoms with van der Waals surface area (Å²) < 4.78 is 69.6. The van der Waals surface area contributed by atoms with Gasteiger partial charge in [0.1, 0.15) is 23.8 Å². The molecule has 2 aromatic carbocycles. The molecule has 0 radical (unpaired) electrons. The number of hydrogen-bond acceptors (Lipinski definition) is 6. The van der Waals surface area contributed by atoms with Crippen molar-refractivity contribution < 1.29 is 46.2 Å². The molecule has 0 unspecified atom stereocenters. The SMILES string of the molecule is COC(=O)[C@@H]1[C@@H](C(=O)Nc2ccc(C(F)(F)F)cc2F)CCC[C@H]1c1ccc2c(c1)OCCN2C(=O)OC(C)(C)C. The van der Waals surface area contributed by atoms with Crippen molar-refractivity contribution in [2.75, 3.05) is 30.5 Å². The summed E-state index contributed by atoms with van der Waals surface area (Å²) >= 11 is 0. The molecule has 1 aliphatic carbocycles. The van der Waals surface area contributed by atoms with Crippen molar-refractivity contribution in [1.29, 1.82) is 0 Å². The van der Waals surface area contributed by atoms with Gasteiger partial charge in [0.25, 0.3) is 0 Å². The number of alkyl halides is 3. The number of hydrogen-bond donors (Lipinski definition) is 1. The Kier molecular flexibility index (Phi) is 8.51. The van der Waals surface area contributed by atoms with Gasteiger partial charge in [-0.05, 0) is 75.4 Å². The van der Waals surface area contributed by atoms with E-state index in [1.807, 2.05) is 0 Å². The first kappa shape index (κ1) is 30.1. The molecule has 0 saturated heterocycles. The highest BCUT2D eigenvalue weighted by Gasteiger charge is 2.44. The van der Waals surface area contributed by atoms with Gasteiger partial charge in [0.2, 0.25) is 5.91 Å². The van der Waals surface area contributed by atoms with Crippen LogP contribution < -0.4 is 15.0 Å². The minimum absolute atomic E-state index is 0.227. The second kappa shape index (κ2) is 11.6. The topological polar surface area (TPSA) is 94.2 Å². The number of methoxy groups -OCH3 is 1. The summed E-state index contributed by atoms with van der Waals surface area (Å²) in [5.74, 6) is -4.52. The zero-order chi connectivity index (χ0) is 30.1. The van der Waals surface area contributed by atoms with E-state index in [-0.39, 0.29) is 19.6 Å². The van der Waals surface area contributed by atoms with Crippen LogP contribution in [0.25, 0.3) is 0 Å². The maximum atomic E-state index is 14.5. The van der Waals surface area contributed by atoms with Gasteiger partial charge in [-0.25, -0.2) is 9.18 Å². The summed E-state index contributed by atoms with van der Waals surface area (Å²) in [5.41, 5.74) is -1.10.